The van der Waals surface area contributed by atoms with Crippen molar-refractivity contribution in [1.29, 1.82) is 0 Å². The minimum absolute atomic E-state index is 0.154. The van der Waals surface area contributed by atoms with Gasteiger partial charge in [-0.2, -0.15) is 0 Å². The summed E-state index contributed by atoms with van der Waals surface area (Å²) < 4.78 is 13.4. The Bertz CT molecular complexity index is 604. The van der Waals surface area contributed by atoms with Crippen molar-refractivity contribution < 1.29 is 4.39 Å². The van der Waals surface area contributed by atoms with E-state index in [1.165, 1.54) is 36.0 Å². The third-order valence-electron chi connectivity index (χ3n) is 3.83. The highest BCUT2D eigenvalue weighted by Gasteiger charge is 2.10. The molecule has 0 amide bonds. The summed E-state index contributed by atoms with van der Waals surface area (Å²) in [6.07, 6.45) is 3.68. The molecule has 3 rings (SSSR count). The maximum Gasteiger partial charge on any atom is 0.128 e. The predicted molar refractivity (Wildman–Crippen MR) is 76.9 cm³/mol. The van der Waals surface area contributed by atoms with Crippen LogP contribution < -0.4 is 5.32 Å². The van der Waals surface area contributed by atoms with Gasteiger partial charge in [0, 0.05) is 12.2 Å². The molecule has 0 atom stereocenters. The van der Waals surface area contributed by atoms with Gasteiger partial charge in [0.15, 0.2) is 0 Å². The Labute approximate surface area is 113 Å². The summed E-state index contributed by atoms with van der Waals surface area (Å²) in [5.41, 5.74) is 5.76. The van der Waals surface area contributed by atoms with Crippen LogP contribution in [-0.4, -0.2) is 0 Å². The van der Waals surface area contributed by atoms with Crippen LogP contribution in [0, 0.1) is 12.7 Å². The van der Waals surface area contributed by atoms with Crippen LogP contribution in [0.15, 0.2) is 36.4 Å². The number of aryl methyl sites for hydroxylation is 3. The molecule has 0 fully saturated rings. The van der Waals surface area contributed by atoms with Gasteiger partial charge in [-0.05, 0) is 60.6 Å². The molecular weight excluding hydrogens is 237 g/mol. The smallest absolute Gasteiger partial charge is 0.128 e. The van der Waals surface area contributed by atoms with Crippen LogP contribution in [0.1, 0.15) is 28.7 Å². The van der Waals surface area contributed by atoms with E-state index in [2.05, 4.69) is 23.5 Å². The number of fused-ring (bicyclic) bond motifs is 1. The molecule has 2 aromatic rings. The van der Waals surface area contributed by atoms with Gasteiger partial charge in [-0.1, -0.05) is 24.3 Å². The standard InChI is InChI=1S/C17H18FN/c1-12-5-8-16(10-17(12)18)19-11-13-6-7-14-3-2-4-15(14)9-13/h5-10,19H,2-4,11H2,1H3. The number of hydrogen-bond acceptors (Lipinski definition) is 1. The molecule has 0 saturated carbocycles. The van der Waals surface area contributed by atoms with E-state index >= 15 is 0 Å². The van der Waals surface area contributed by atoms with E-state index in [4.69, 9.17) is 0 Å². The quantitative estimate of drug-likeness (QED) is 0.865. The molecule has 0 spiro atoms. The Morgan fingerprint density at radius 2 is 1.89 bits per heavy atom. The predicted octanol–water partition coefficient (Wildman–Crippen LogP) is 4.23. The van der Waals surface area contributed by atoms with E-state index in [1.54, 1.807) is 19.1 Å². The van der Waals surface area contributed by atoms with E-state index in [-0.39, 0.29) is 5.82 Å². The number of nitrogens with one attached hydrogen (secondary N) is 1. The molecule has 2 aromatic carbocycles. The summed E-state index contributed by atoms with van der Waals surface area (Å²) in [4.78, 5) is 0. The highest BCUT2D eigenvalue weighted by molar-refractivity contribution is 5.46. The second-order valence-corrected chi connectivity index (χ2v) is 5.27. The van der Waals surface area contributed by atoms with Crippen LogP contribution in [0.5, 0.6) is 0 Å². The van der Waals surface area contributed by atoms with E-state index in [0.717, 1.165) is 12.2 Å². The molecule has 98 valence electrons. The molecule has 0 saturated heterocycles. The molecule has 1 aliphatic rings. The molecule has 0 bridgehead atoms. The van der Waals surface area contributed by atoms with E-state index in [9.17, 15) is 4.39 Å². The monoisotopic (exact) mass is 255 g/mol. The number of hydrogen-bond donors (Lipinski definition) is 1. The van der Waals surface area contributed by atoms with Gasteiger partial charge in [0.2, 0.25) is 0 Å². The number of anilines is 1. The van der Waals surface area contributed by atoms with Gasteiger partial charge < -0.3 is 5.32 Å². The number of benzene rings is 2. The fraction of sp³-hybridized carbons (Fsp3) is 0.294. The van der Waals surface area contributed by atoms with Crippen molar-refractivity contribution in [3.8, 4) is 0 Å². The van der Waals surface area contributed by atoms with Gasteiger partial charge in [0.05, 0.1) is 0 Å². The summed E-state index contributed by atoms with van der Waals surface area (Å²) in [6, 6.07) is 12.0. The van der Waals surface area contributed by atoms with Gasteiger partial charge in [-0.25, -0.2) is 4.39 Å². The summed E-state index contributed by atoms with van der Waals surface area (Å²) in [6.45, 7) is 2.52. The fourth-order valence-corrected chi connectivity index (χ4v) is 2.64. The highest BCUT2D eigenvalue weighted by Crippen LogP contribution is 2.23. The van der Waals surface area contributed by atoms with Crippen LogP contribution in [0.25, 0.3) is 0 Å². The summed E-state index contributed by atoms with van der Waals surface area (Å²) in [5, 5.41) is 3.28. The Morgan fingerprint density at radius 1 is 1.05 bits per heavy atom. The van der Waals surface area contributed by atoms with Crippen LogP contribution in [-0.2, 0) is 19.4 Å². The zero-order chi connectivity index (χ0) is 13.2. The van der Waals surface area contributed by atoms with Gasteiger partial charge in [0.1, 0.15) is 5.82 Å². The number of halogens is 1. The first-order valence-corrected chi connectivity index (χ1v) is 6.83. The molecule has 1 N–H and O–H groups in total. The molecule has 1 aliphatic carbocycles. The van der Waals surface area contributed by atoms with Gasteiger partial charge >= 0.3 is 0 Å². The lowest BCUT2D eigenvalue weighted by molar-refractivity contribution is 0.619. The Kier molecular flexibility index (Phi) is 3.24. The van der Waals surface area contributed by atoms with E-state index in [1.807, 2.05) is 6.07 Å². The highest BCUT2D eigenvalue weighted by atomic mass is 19.1. The topological polar surface area (TPSA) is 12.0 Å². The average molecular weight is 255 g/mol. The third-order valence-corrected chi connectivity index (χ3v) is 3.83. The molecule has 0 aromatic heterocycles. The second-order valence-electron chi connectivity index (χ2n) is 5.27. The van der Waals surface area contributed by atoms with Gasteiger partial charge in [-0.3, -0.25) is 0 Å². The molecule has 0 aliphatic heterocycles. The molecule has 0 unspecified atom stereocenters. The number of rotatable bonds is 3. The van der Waals surface area contributed by atoms with Crippen molar-refractivity contribution in [3.05, 3.63) is 64.5 Å². The van der Waals surface area contributed by atoms with Crippen LogP contribution in [0.3, 0.4) is 0 Å². The molecule has 2 heteroatoms. The average Bonchev–Trinajstić information content (AvgIpc) is 2.87. The van der Waals surface area contributed by atoms with Gasteiger partial charge in [-0.15, -0.1) is 0 Å². The van der Waals surface area contributed by atoms with Gasteiger partial charge in [0.25, 0.3) is 0 Å². The molecule has 0 radical (unpaired) electrons. The summed E-state index contributed by atoms with van der Waals surface area (Å²) in [5.74, 6) is -0.154. The Hall–Kier alpha value is -1.83. The maximum absolute atomic E-state index is 13.4. The van der Waals surface area contributed by atoms with E-state index < -0.39 is 0 Å². The van der Waals surface area contributed by atoms with Crippen molar-refractivity contribution in [3.63, 3.8) is 0 Å². The summed E-state index contributed by atoms with van der Waals surface area (Å²) >= 11 is 0. The van der Waals surface area contributed by atoms with Crippen molar-refractivity contribution >= 4 is 5.69 Å². The molecular formula is C17H18FN. The molecule has 1 nitrogen and oxygen atoms in total. The van der Waals surface area contributed by atoms with Crippen molar-refractivity contribution in [2.75, 3.05) is 5.32 Å². The lowest BCUT2D eigenvalue weighted by atomic mass is 10.1. The van der Waals surface area contributed by atoms with Crippen molar-refractivity contribution in [1.82, 2.24) is 0 Å². The first kappa shape index (κ1) is 12.2. The Balaban J connectivity index is 1.70. The first-order valence-electron chi connectivity index (χ1n) is 6.83. The first-order chi connectivity index (χ1) is 9.22. The Morgan fingerprint density at radius 3 is 2.74 bits per heavy atom. The van der Waals surface area contributed by atoms with Crippen LogP contribution in [0.2, 0.25) is 0 Å². The second kappa shape index (κ2) is 5.04. The molecule has 19 heavy (non-hydrogen) atoms. The molecule has 0 heterocycles. The van der Waals surface area contributed by atoms with Crippen molar-refractivity contribution in [2.24, 2.45) is 0 Å². The zero-order valence-electron chi connectivity index (χ0n) is 11.2. The third kappa shape index (κ3) is 2.62. The van der Waals surface area contributed by atoms with Crippen LogP contribution >= 0.6 is 0 Å². The maximum atomic E-state index is 13.4. The minimum Gasteiger partial charge on any atom is -0.381 e. The minimum atomic E-state index is -0.154. The van der Waals surface area contributed by atoms with Crippen LogP contribution in [0.4, 0.5) is 10.1 Å². The fourth-order valence-electron chi connectivity index (χ4n) is 2.64. The lowest BCUT2D eigenvalue weighted by Gasteiger charge is -2.09. The normalized spacial score (nSPS) is 13.4. The van der Waals surface area contributed by atoms with Crippen molar-refractivity contribution in [2.45, 2.75) is 32.7 Å². The summed E-state index contributed by atoms with van der Waals surface area (Å²) in [7, 11) is 0. The largest absolute Gasteiger partial charge is 0.381 e. The SMILES string of the molecule is Cc1ccc(NCc2ccc3c(c2)CCC3)cc1F. The zero-order valence-corrected chi connectivity index (χ0v) is 11.2. The van der Waals surface area contributed by atoms with E-state index in [0.29, 0.717) is 5.56 Å². The lowest BCUT2D eigenvalue weighted by Crippen LogP contribution is -2.01.